The Morgan fingerprint density at radius 1 is 1.00 bits per heavy atom. The standard InChI is InChI=1S/C25H31Cl2N3O7/c1-24(2)14(7-8-25(24,3)23(36)37)20(33)28-17(13-18(31)32)21(34)29-9-11-30(12-10-29)22(35)19-15(26)5-4-6-16(19)27/h4-6,14,17H,7-13H2,1-3H3,(H,28,33)(H,31,32)(H,36,37)/t14-,17?,25+/m1/s1. The van der Waals surface area contributed by atoms with E-state index in [9.17, 15) is 34.2 Å². The summed E-state index contributed by atoms with van der Waals surface area (Å²) >= 11 is 12.3. The summed E-state index contributed by atoms with van der Waals surface area (Å²) in [5, 5.41) is 22.1. The van der Waals surface area contributed by atoms with Gasteiger partial charge in [0.25, 0.3) is 5.91 Å². The number of nitrogens with one attached hydrogen (secondary N) is 1. The Bertz CT molecular complexity index is 1100. The molecule has 12 heteroatoms. The Kier molecular flexibility index (Phi) is 8.44. The Balaban J connectivity index is 1.68. The predicted octanol–water partition coefficient (Wildman–Crippen LogP) is 2.76. The van der Waals surface area contributed by atoms with Gasteiger partial charge in [0, 0.05) is 32.1 Å². The highest BCUT2D eigenvalue weighted by atomic mass is 35.5. The number of carbonyl (C=O) groups is 5. The fourth-order valence-electron chi connectivity index (χ4n) is 5.20. The van der Waals surface area contributed by atoms with Gasteiger partial charge in [-0.05, 0) is 37.3 Å². The molecular formula is C25H31Cl2N3O7. The van der Waals surface area contributed by atoms with E-state index in [1.165, 1.54) is 9.80 Å². The summed E-state index contributed by atoms with van der Waals surface area (Å²) in [4.78, 5) is 65.6. The summed E-state index contributed by atoms with van der Waals surface area (Å²) < 4.78 is 0. The topological polar surface area (TPSA) is 144 Å². The fourth-order valence-corrected chi connectivity index (χ4v) is 5.76. The van der Waals surface area contributed by atoms with E-state index in [-0.39, 0.29) is 54.1 Å². The molecule has 0 spiro atoms. The zero-order valence-electron chi connectivity index (χ0n) is 20.9. The van der Waals surface area contributed by atoms with Crippen molar-refractivity contribution < 1.29 is 34.2 Å². The van der Waals surface area contributed by atoms with E-state index in [1.54, 1.807) is 39.0 Å². The Labute approximate surface area is 224 Å². The number of benzene rings is 1. The molecule has 0 aromatic heterocycles. The second-order valence-electron chi connectivity index (χ2n) is 10.3. The van der Waals surface area contributed by atoms with Crippen LogP contribution in [0.1, 0.15) is 50.4 Å². The van der Waals surface area contributed by atoms with Gasteiger partial charge in [-0.15, -0.1) is 0 Å². The Morgan fingerprint density at radius 2 is 1.54 bits per heavy atom. The van der Waals surface area contributed by atoms with Crippen LogP contribution in [0.15, 0.2) is 18.2 Å². The van der Waals surface area contributed by atoms with Gasteiger partial charge >= 0.3 is 11.9 Å². The van der Waals surface area contributed by atoms with Gasteiger partial charge in [0.05, 0.1) is 27.4 Å². The van der Waals surface area contributed by atoms with Crippen molar-refractivity contribution in [3.8, 4) is 0 Å². The van der Waals surface area contributed by atoms with Crippen molar-refractivity contribution in [2.24, 2.45) is 16.7 Å². The zero-order valence-corrected chi connectivity index (χ0v) is 22.4. The first-order chi connectivity index (χ1) is 17.2. The van der Waals surface area contributed by atoms with E-state index >= 15 is 0 Å². The molecule has 202 valence electrons. The van der Waals surface area contributed by atoms with Gasteiger partial charge < -0.3 is 25.3 Å². The van der Waals surface area contributed by atoms with Gasteiger partial charge in [-0.2, -0.15) is 0 Å². The molecule has 1 unspecified atom stereocenters. The average molecular weight is 556 g/mol. The summed E-state index contributed by atoms with van der Waals surface area (Å²) in [5.41, 5.74) is -1.87. The second kappa shape index (κ2) is 10.9. The van der Waals surface area contributed by atoms with E-state index in [4.69, 9.17) is 23.2 Å². The molecule has 3 N–H and O–H groups in total. The number of hydrogen-bond donors (Lipinski definition) is 3. The van der Waals surface area contributed by atoms with Crippen molar-refractivity contribution in [2.75, 3.05) is 26.2 Å². The lowest BCUT2D eigenvalue weighted by Gasteiger charge is -2.39. The first-order valence-electron chi connectivity index (χ1n) is 12.0. The maximum atomic E-state index is 13.2. The number of halogens is 2. The van der Waals surface area contributed by atoms with Crippen LogP contribution in [-0.2, 0) is 19.2 Å². The van der Waals surface area contributed by atoms with Crippen molar-refractivity contribution in [1.29, 1.82) is 0 Å². The first-order valence-corrected chi connectivity index (χ1v) is 12.7. The number of amides is 3. The molecule has 1 aromatic rings. The minimum atomic E-state index is -1.32. The Hall–Kier alpha value is -2.85. The zero-order chi connectivity index (χ0) is 27.7. The number of carboxylic acid groups (broad SMARTS) is 2. The van der Waals surface area contributed by atoms with Crippen molar-refractivity contribution in [3.63, 3.8) is 0 Å². The summed E-state index contributed by atoms with van der Waals surface area (Å²) in [6, 6.07) is 3.43. The monoisotopic (exact) mass is 555 g/mol. The molecule has 0 bridgehead atoms. The molecule has 1 heterocycles. The van der Waals surface area contributed by atoms with Crippen LogP contribution in [0.5, 0.6) is 0 Å². The predicted molar refractivity (Wildman–Crippen MR) is 135 cm³/mol. The normalized spacial score (nSPS) is 23.9. The van der Waals surface area contributed by atoms with Gasteiger partial charge in [0.2, 0.25) is 11.8 Å². The van der Waals surface area contributed by atoms with Crippen LogP contribution in [0.3, 0.4) is 0 Å². The van der Waals surface area contributed by atoms with Crippen molar-refractivity contribution in [2.45, 2.75) is 46.1 Å². The molecule has 10 nitrogen and oxygen atoms in total. The highest BCUT2D eigenvalue weighted by Crippen LogP contribution is 2.56. The molecule has 1 aliphatic carbocycles. The molecule has 3 atom stereocenters. The third-order valence-corrected chi connectivity index (χ3v) is 8.69. The lowest BCUT2D eigenvalue weighted by atomic mass is 9.65. The van der Waals surface area contributed by atoms with Gasteiger partial charge in [0.1, 0.15) is 6.04 Å². The van der Waals surface area contributed by atoms with Crippen LogP contribution in [-0.4, -0.2) is 81.9 Å². The van der Waals surface area contributed by atoms with E-state index < -0.39 is 53.0 Å². The highest BCUT2D eigenvalue weighted by Gasteiger charge is 2.58. The maximum absolute atomic E-state index is 13.2. The second-order valence-corrected chi connectivity index (χ2v) is 11.1. The summed E-state index contributed by atoms with van der Waals surface area (Å²) in [7, 11) is 0. The average Bonchev–Trinajstić information content (AvgIpc) is 3.07. The Morgan fingerprint density at radius 3 is 2.03 bits per heavy atom. The molecule has 2 fully saturated rings. The van der Waals surface area contributed by atoms with Crippen LogP contribution in [0.2, 0.25) is 10.0 Å². The molecule has 1 saturated heterocycles. The fraction of sp³-hybridized carbons (Fsp3) is 0.560. The van der Waals surface area contributed by atoms with E-state index in [2.05, 4.69) is 5.32 Å². The molecule has 37 heavy (non-hydrogen) atoms. The minimum Gasteiger partial charge on any atom is -0.481 e. The van der Waals surface area contributed by atoms with Crippen molar-refractivity contribution in [3.05, 3.63) is 33.8 Å². The molecule has 1 saturated carbocycles. The summed E-state index contributed by atoms with van der Waals surface area (Å²) in [5.74, 6) is -4.46. The van der Waals surface area contributed by atoms with Crippen LogP contribution in [0.4, 0.5) is 0 Å². The quantitative estimate of drug-likeness (QED) is 0.469. The third-order valence-electron chi connectivity index (χ3n) is 8.06. The SMILES string of the molecule is CC1(C)[C@@H](C(=O)NC(CC(=O)O)C(=O)N2CCN(C(=O)c3c(Cl)cccc3Cl)CC2)CC[C@@]1(C)C(=O)O. The van der Waals surface area contributed by atoms with Crippen LogP contribution < -0.4 is 5.32 Å². The molecule has 3 rings (SSSR count). The number of aliphatic carboxylic acids is 2. The molecule has 1 aliphatic heterocycles. The van der Waals surface area contributed by atoms with Gasteiger partial charge in [0.15, 0.2) is 0 Å². The molecular weight excluding hydrogens is 525 g/mol. The number of nitrogens with zero attached hydrogens (tertiary/aromatic N) is 2. The van der Waals surface area contributed by atoms with Crippen LogP contribution in [0.25, 0.3) is 0 Å². The lowest BCUT2D eigenvalue weighted by Crippen LogP contribution is -2.57. The molecule has 3 amide bonds. The van der Waals surface area contributed by atoms with Gasteiger partial charge in [-0.1, -0.05) is 43.1 Å². The van der Waals surface area contributed by atoms with E-state index in [1.807, 2.05) is 0 Å². The van der Waals surface area contributed by atoms with Crippen LogP contribution in [0, 0.1) is 16.7 Å². The number of carbonyl (C=O) groups excluding carboxylic acids is 3. The molecule has 0 radical (unpaired) electrons. The lowest BCUT2D eigenvalue weighted by molar-refractivity contribution is -0.155. The first kappa shape index (κ1) is 28.7. The van der Waals surface area contributed by atoms with Gasteiger partial charge in [-0.25, -0.2) is 0 Å². The third kappa shape index (κ3) is 5.55. The van der Waals surface area contributed by atoms with E-state index in [0.717, 1.165) is 0 Å². The number of carboxylic acids is 2. The number of piperazine rings is 1. The summed E-state index contributed by atoms with van der Waals surface area (Å²) in [6.45, 7) is 5.61. The highest BCUT2D eigenvalue weighted by molar-refractivity contribution is 6.39. The molecule has 2 aliphatic rings. The number of hydrogen-bond acceptors (Lipinski definition) is 5. The summed E-state index contributed by atoms with van der Waals surface area (Å²) in [6.07, 6.45) is -0.0281. The van der Waals surface area contributed by atoms with Crippen LogP contribution >= 0.6 is 23.2 Å². The number of rotatable bonds is 7. The van der Waals surface area contributed by atoms with Crippen molar-refractivity contribution in [1.82, 2.24) is 15.1 Å². The van der Waals surface area contributed by atoms with Gasteiger partial charge in [-0.3, -0.25) is 24.0 Å². The largest absolute Gasteiger partial charge is 0.481 e. The van der Waals surface area contributed by atoms with Crippen molar-refractivity contribution >= 4 is 52.9 Å². The smallest absolute Gasteiger partial charge is 0.309 e. The maximum Gasteiger partial charge on any atom is 0.309 e. The molecule has 1 aromatic carbocycles. The minimum absolute atomic E-state index is 0.130. The van der Waals surface area contributed by atoms with E-state index in [0.29, 0.717) is 6.42 Å².